The number of hydrogen-bond acceptors (Lipinski definition) is 4. The zero-order chi connectivity index (χ0) is 18.2. The first kappa shape index (κ1) is 18.7. The molecule has 0 spiro atoms. The number of benzene rings is 1. The van der Waals surface area contributed by atoms with Crippen LogP contribution in [0.5, 0.6) is 5.75 Å². The number of alkyl halides is 1. The summed E-state index contributed by atoms with van der Waals surface area (Å²) in [4.78, 5) is 27.0. The molecule has 0 radical (unpaired) electrons. The van der Waals surface area contributed by atoms with E-state index in [0.717, 1.165) is 11.3 Å². The Morgan fingerprint density at radius 2 is 1.96 bits per heavy atom. The van der Waals surface area contributed by atoms with Crippen LogP contribution in [0.1, 0.15) is 17.4 Å². The van der Waals surface area contributed by atoms with E-state index in [-0.39, 0.29) is 12.3 Å². The van der Waals surface area contributed by atoms with Crippen molar-refractivity contribution in [2.24, 2.45) is 0 Å². The number of carbonyl (C=O) groups is 2. The Kier molecular flexibility index (Phi) is 6.71. The van der Waals surface area contributed by atoms with Gasteiger partial charge in [-0.15, -0.1) is 11.6 Å². The summed E-state index contributed by atoms with van der Waals surface area (Å²) in [6.45, 7) is 2.26. The van der Waals surface area contributed by atoms with Gasteiger partial charge >= 0.3 is 12.0 Å². The largest absolute Gasteiger partial charge is 0.497 e. The number of carbonyl (C=O) groups excluding carboxylic acids is 2. The maximum atomic E-state index is 12.1. The lowest BCUT2D eigenvalue weighted by atomic mass is 10.1. The molecular weight excluding hydrogens is 346 g/mol. The summed E-state index contributed by atoms with van der Waals surface area (Å²) in [5.41, 5.74) is 2.00. The zero-order valence-electron chi connectivity index (χ0n) is 14.0. The Morgan fingerprint density at radius 1 is 1.24 bits per heavy atom. The average Bonchev–Trinajstić information content (AvgIpc) is 3.04. The summed E-state index contributed by atoms with van der Waals surface area (Å²) in [7, 11) is 1.59. The molecule has 0 saturated carbocycles. The van der Waals surface area contributed by atoms with Gasteiger partial charge < -0.3 is 25.1 Å². The van der Waals surface area contributed by atoms with E-state index in [1.165, 1.54) is 0 Å². The molecule has 0 aliphatic rings. The van der Waals surface area contributed by atoms with E-state index in [1.54, 1.807) is 32.2 Å². The molecule has 8 heteroatoms. The molecule has 0 bridgehead atoms. The number of aromatic nitrogens is 1. The van der Waals surface area contributed by atoms with Crippen LogP contribution in [0, 0.1) is 0 Å². The minimum absolute atomic E-state index is 0.175. The van der Waals surface area contributed by atoms with Crippen molar-refractivity contribution in [1.82, 2.24) is 10.3 Å². The lowest BCUT2D eigenvalue weighted by Crippen LogP contribution is -2.30. The second-order valence-corrected chi connectivity index (χ2v) is 5.37. The summed E-state index contributed by atoms with van der Waals surface area (Å²) in [6, 6.07) is 8.52. The molecule has 1 heterocycles. The Bertz CT molecular complexity index is 728. The van der Waals surface area contributed by atoms with Crippen molar-refractivity contribution in [3.05, 3.63) is 36.0 Å². The summed E-state index contributed by atoms with van der Waals surface area (Å²) < 4.78 is 10.2. The number of esters is 1. The van der Waals surface area contributed by atoms with Gasteiger partial charge in [0.2, 0.25) is 0 Å². The molecule has 2 amide bonds. The lowest BCUT2D eigenvalue weighted by molar-refractivity contribution is 0.0521. The molecular formula is C17H20ClN3O4. The Hall–Kier alpha value is -2.67. The van der Waals surface area contributed by atoms with Crippen LogP contribution in [0.3, 0.4) is 0 Å². The minimum Gasteiger partial charge on any atom is -0.497 e. The number of halogens is 1. The van der Waals surface area contributed by atoms with E-state index in [0.29, 0.717) is 23.8 Å². The Balaban J connectivity index is 2.30. The highest BCUT2D eigenvalue weighted by Crippen LogP contribution is 2.27. The van der Waals surface area contributed by atoms with Gasteiger partial charge in [-0.05, 0) is 42.8 Å². The molecule has 25 heavy (non-hydrogen) atoms. The fourth-order valence-corrected chi connectivity index (χ4v) is 2.27. The molecule has 0 fully saturated rings. The van der Waals surface area contributed by atoms with Crippen LogP contribution < -0.4 is 15.4 Å². The SMILES string of the molecule is CCOC(=O)c1[nH]c(-c2ccc(OC)cc2)cc1NC(=O)NCCCl. The number of aromatic amines is 1. The molecule has 0 saturated heterocycles. The molecule has 1 aromatic carbocycles. The predicted octanol–water partition coefficient (Wildman–Crippen LogP) is 3.23. The van der Waals surface area contributed by atoms with E-state index in [1.807, 2.05) is 12.1 Å². The number of rotatable bonds is 7. The topological polar surface area (TPSA) is 92.5 Å². The molecule has 134 valence electrons. The van der Waals surface area contributed by atoms with Gasteiger partial charge in [0.05, 0.1) is 19.4 Å². The van der Waals surface area contributed by atoms with Gasteiger partial charge in [0.15, 0.2) is 0 Å². The van der Waals surface area contributed by atoms with Crippen molar-refractivity contribution in [1.29, 1.82) is 0 Å². The van der Waals surface area contributed by atoms with E-state index < -0.39 is 12.0 Å². The van der Waals surface area contributed by atoms with Gasteiger partial charge in [-0.3, -0.25) is 0 Å². The molecule has 7 nitrogen and oxygen atoms in total. The van der Waals surface area contributed by atoms with Crippen molar-refractivity contribution >= 4 is 29.3 Å². The number of methoxy groups -OCH3 is 1. The summed E-state index contributed by atoms with van der Waals surface area (Å²) in [6.07, 6.45) is 0. The van der Waals surface area contributed by atoms with Gasteiger partial charge in [-0.1, -0.05) is 0 Å². The van der Waals surface area contributed by atoms with Crippen LogP contribution in [0.2, 0.25) is 0 Å². The second kappa shape index (κ2) is 8.98. The predicted molar refractivity (Wildman–Crippen MR) is 96.5 cm³/mol. The second-order valence-electron chi connectivity index (χ2n) is 4.99. The van der Waals surface area contributed by atoms with E-state index >= 15 is 0 Å². The van der Waals surface area contributed by atoms with Gasteiger partial charge in [-0.25, -0.2) is 9.59 Å². The maximum absolute atomic E-state index is 12.1. The molecule has 0 unspecified atom stereocenters. The first-order valence-corrected chi connectivity index (χ1v) is 8.27. The Morgan fingerprint density at radius 3 is 2.56 bits per heavy atom. The van der Waals surface area contributed by atoms with Gasteiger partial charge in [-0.2, -0.15) is 0 Å². The van der Waals surface area contributed by atoms with Crippen LogP contribution in [0.4, 0.5) is 10.5 Å². The van der Waals surface area contributed by atoms with Crippen molar-refractivity contribution in [2.75, 3.05) is 31.5 Å². The molecule has 2 rings (SSSR count). The maximum Gasteiger partial charge on any atom is 0.356 e. The minimum atomic E-state index is -0.546. The highest BCUT2D eigenvalue weighted by atomic mass is 35.5. The summed E-state index contributed by atoms with van der Waals surface area (Å²) in [5, 5.41) is 5.21. The monoisotopic (exact) mass is 365 g/mol. The van der Waals surface area contributed by atoms with Crippen LogP contribution >= 0.6 is 11.6 Å². The van der Waals surface area contributed by atoms with E-state index in [9.17, 15) is 9.59 Å². The molecule has 2 aromatic rings. The quantitative estimate of drug-likeness (QED) is 0.519. The fraction of sp³-hybridized carbons (Fsp3) is 0.294. The number of urea groups is 1. The average molecular weight is 366 g/mol. The van der Waals surface area contributed by atoms with Gasteiger partial charge in [0.25, 0.3) is 0 Å². The van der Waals surface area contributed by atoms with Crippen LogP contribution in [-0.2, 0) is 4.74 Å². The van der Waals surface area contributed by atoms with E-state index in [4.69, 9.17) is 21.1 Å². The summed E-state index contributed by atoms with van der Waals surface area (Å²) >= 11 is 5.55. The third-order valence-corrected chi connectivity index (χ3v) is 3.52. The van der Waals surface area contributed by atoms with Crippen LogP contribution in [-0.4, -0.2) is 43.1 Å². The van der Waals surface area contributed by atoms with Crippen LogP contribution in [0.25, 0.3) is 11.3 Å². The molecule has 0 aliphatic heterocycles. The third-order valence-electron chi connectivity index (χ3n) is 3.33. The zero-order valence-corrected chi connectivity index (χ0v) is 14.8. The first-order valence-electron chi connectivity index (χ1n) is 7.74. The smallest absolute Gasteiger partial charge is 0.356 e. The standard InChI is InChI=1S/C17H20ClN3O4/c1-3-25-16(22)15-14(21-17(23)19-9-8-18)10-13(20-15)11-4-6-12(24-2)7-5-11/h4-7,10,20H,3,8-9H2,1-2H3,(H2,19,21,23). The fourth-order valence-electron chi connectivity index (χ4n) is 2.17. The number of ether oxygens (including phenoxy) is 2. The number of nitrogens with one attached hydrogen (secondary N) is 3. The normalized spacial score (nSPS) is 10.2. The molecule has 3 N–H and O–H groups in total. The van der Waals surface area contributed by atoms with Gasteiger partial charge in [0, 0.05) is 18.1 Å². The van der Waals surface area contributed by atoms with Crippen molar-refractivity contribution in [3.63, 3.8) is 0 Å². The number of hydrogen-bond donors (Lipinski definition) is 3. The number of amides is 2. The third kappa shape index (κ3) is 4.90. The lowest BCUT2D eigenvalue weighted by Gasteiger charge is -2.06. The molecule has 1 aromatic heterocycles. The highest BCUT2D eigenvalue weighted by Gasteiger charge is 2.19. The first-order chi connectivity index (χ1) is 12.1. The summed E-state index contributed by atoms with van der Waals surface area (Å²) in [5.74, 6) is 0.470. The molecule has 0 aliphatic carbocycles. The number of H-pyrrole nitrogens is 1. The number of anilines is 1. The molecule has 0 atom stereocenters. The van der Waals surface area contributed by atoms with Crippen molar-refractivity contribution < 1.29 is 19.1 Å². The Labute approximate surface area is 150 Å². The van der Waals surface area contributed by atoms with Gasteiger partial charge in [0.1, 0.15) is 11.4 Å². The van der Waals surface area contributed by atoms with Crippen LogP contribution in [0.15, 0.2) is 30.3 Å². The van der Waals surface area contributed by atoms with E-state index in [2.05, 4.69) is 15.6 Å². The van der Waals surface area contributed by atoms with Crippen molar-refractivity contribution in [2.45, 2.75) is 6.92 Å². The highest BCUT2D eigenvalue weighted by molar-refractivity contribution is 6.18. The van der Waals surface area contributed by atoms with Crippen molar-refractivity contribution in [3.8, 4) is 17.0 Å².